The summed E-state index contributed by atoms with van der Waals surface area (Å²) in [5.74, 6) is 2.27. The van der Waals surface area contributed by atoms with Gasteiger partial charge in [0.15, 0.2) is 0 Å². The lowest BCUT2D eigenvalue weighted by Gasteiger charge is -2.09. The van der Waals surface area contributed by atoms with Crippen molar-refractivity contribution in [2.75, 3.05) is 11.5 Å². The molecule has 0 saturated heterocycles. The molecule has 164 valence electrons. The van der Waals surface area contributed by atoms with Crippen LogP contribution in [-0.2, 0) is 9.84 Å². The lowest BCUT2D eigenvalue weighted by Crippen LogP contribution is -2.01. The minimum absolute atomic E-state index is 0. The van der Waals surface area contributed by atoms with Gasteiger partial charge in [0.05, 0.1) is 9.79 Å². The number of hydrogen-bond acceptors (Lipinski definition) is 6. The quantitative estimate of drug-likeness (QED) is 0.417. The van der Waals surface area contributed by atoms with Crippen molar-refractivity contribution in [3.05, 3.63) is 97.1 Å². The van der Waals surface area contributed by atoms with E-state index in [0.29, 0.717) is 34.4 Å². The molecule has 32 heavy (non-hydrogen) atoms. The zero-order chi connectivity index (χ0) is 21.8. The molecular weight excluding hydrogens is 428 g/mol. The second-order valence-corrected chi connectivity index (χ2v) is 8.74. The molecule has 8 heteroatoms. The molecule has 0 aliphatic rings. The number of benzene rings is 4. The van der Waals surface area contributed by atoms with Gasteiger partial charge in [-0.2, -0.15) is 0 Å². The Bertz CT molecular complexity index is 1170. The summed E-state index contributed by atoms with van der Waals surface area (Å²) in [5, 5.41) is 0. The number of sulfone groups is 1. The summed E-state index contributed by atoms with van der Waals surface area (Å²) in [6, 6.07) is 26.4. The molecule has 0 fully saturated rings. The number of rotatable bonds is 6. The van der Waals surface area contributed by atoms with Gasteiger partial charge < -0.3 is 26.4 Å². The molecule has 0 aliphatic heterocycles. The standard InChI is InChI=1S/C24H20N2O4S.H2O/c25-17-1-5-19(6-2-17)29-21-9-13-23(14-10-21)31(27,28)24-15-11-22(12-16-24)30-20-7-3-18(26)4-8-20;/h1-16H,25-26H2;1H2. The normalized spacial score (nSPS) is 10.8. The number of hydrogen-bond donors (Lipinski definition) is 2. The van der Waals surface area contributed by atoms with Crippen molar-refractivity contribution in [1.29, 1.82) is 0 Å². The summed E-state index contributed by atoms with van der Waals surface area (Å²) < 4.78 is 37.3. The molecule has 4 aromatic rings. The number of nitrogen functional groups attached to an aromatic ring is 2. The van der Waals surface area contributed by atoms with Crippen LogP contribution in [0.1, 0.15) is 0 Å². The fourth-order valence-electron chi connectivity index (χ4n) is 2.85. The van der Waals surface area contributed by atoms with Gasteiger partial charge in [-0.05, 0) is 97.1 Å². The first-order valence-electron chi connectivity index (χ1n) is 9.42. The highest BCUT2D eigenvalue weighted by Crippen LogP contribution is 2.28. The fourth-order valence-corrected chi connectivity index (χ4v) is 4.11. The molecule has 7 nitrogen and oxygen atoms in total. The van der Waals surface area contributed by atoms with E-state index >= 15 is 0 Å². The van der Waals surface area contributed by atoms with Gasteiger partial charge in [0.25, 0.3) is 0 Å². The van der Waals surface area contributed by atoms with E-state index in [1.807, 2.05) is 0 Å². The lowest BCUT2D eigenvalue weighted by molar-refractivity contribution is 0.482. The molecule has 0 aromatic heterocycles. The maximum absolute atomic E-state index is 12.9. The Labute approximate surface area is 186 Å². The molecule has 0 amide bonds. The molecule has 0 heterocycles. The number of anilines is 2. The average Bonchev–Trinajstić information content (AvgIpc) is 2.78. The van der Waals surface area contributed by atoms with E-state index in [9.17, 15) is 8.42 Å². The highest BCUT2D eigenvalue weighted by atomic mass is 32.2. The molecule has 0 radical (unpaired) electrons. The van der Waals surface area contributed by atoms with Crippen molar-refractivity contribution >= 4 is 21.2 Å². The van der Waals surface area contributed by atoms with Crippen LogP contribution in [0.2, 0.25) is 0 Å². The van der Waals surface area contributed by atoms with E-state index in [1.54, 1.807) is 72.8 Å². The third-order valence-corrected chi connectivity index (χ3v) is 6.29. The van der Waals surface area contributed by atoms with Crippen LogP contribution in [0.5, 0.6) is 23.0 Å². The van der Waals surface area contributed by atoms with Crippen LogP contribution in [-0.4, -0.2) is 13.9 Å². The minimum Gasteiger partial charge on any atom is -0.457 e. The van der Waals surface area contributed by atoms with Crippen molar-refractivity contribution in [2.24, 2.45) is 0 Å². The Hall–Kier alpha value is -4.01. The Morgan fingerprint density at radius 2 is 0.719 bits per heavy atom. The zero-order valence-corrected chi connectivity index (χ0v) is 17.8. The van der Waals surface area contributed by atoms with Gasteiger partial charge in [-0.15, -0.1) is 0 Å². The Kier molecular flexibility index (Phi) is 6.67. The SMILES string of the molecule is Nc1ccc(Oc2ccc(S(=O)(=O)c3ccc(Oc4ccc(N)cc4)cc3)cc2)cc1.O. The van der Waals surface area contributed by atoms with E-state index in [-0.39, 0.29) is 15.3 Å². The molecular formula is C24H22N2O5S. The van der Waals surface area contributed by atoms with E-state index in [2.05, 4.69) is 0 Å². The molecule has 4 rings (SSSR count). The van der Waals surface area contributed by atoms with Gasteiger partial charge in [0.2, 0.25) is 9.84 Å². The molecule has 0 saturated carbocycles. The van der Waals surface area contributed by atoms with E-state index in [0.717, 1.165) is 0 Å². The summed E-state index contributed by atoms with van der Waals surface area (Å²) in [7, 11) is -3.67. The summed E-state index contributed by atoms with van der Waals surface area (Å²) in [4.78, 5) is 0.341. The van der Waals surface area contributed by atoms with Crippen LogP contribution in [0.25, 0.3) is 0 Å². The third kappa shape index (κ3) is 5.18. The predicted molar refractivity (Wildman–Crippen MR) is 124 cm³/mol. The number of nitrogens with two attached hydrogens (primary N) is 2. The first-order valence-corrected chi connectivity index (χ1v) is 10.9. The summed E-state index contributed by atoms with van der Waals surface area (Å²) >= 11 is 0. The first-order chi connectivity index (χ1) is 14.9. The highest BCUT2D eigenvalue weighted by Gasteiger charge is 2.18. The van der Waals surface area contributed by atoms with E-state index in [4.69, 9.17) is 20.9 Å². The van der Waals surface area contributed by atoms with Crippen LogP contribution in [0.4, 0.5) is 11.4 Å². The highest BCUT2D eigenvalue weighted by molar-refractivity contribution is 7.91. The zero-order valence-electron chi connectivity index (χ0n) is 16.9. The van der Waals surface area contributed by atoms with Crippen molar-refractivity contribution in [3.8, 4) is 23.0 Å². The first kappa shape index (κ1) is 22.7. The molecule has 0 aliphatic carbocycles. The topological polar surface area (TPSA) is 136 Å². The second-order valence-electron chi connectivity index (χ2n) is 6.79. The van der Waals surface area contributed by atoms with Gasteiger partial charge in [-0.25, -0.2) is 8.42 Å². The van der Waals surface area contributed by atoms with Gasteiger partial charge in [0, 0.05) is 11.4 Å². The molecule has 0 atom stereocenters. The smallest absolute Gasteiger partial charge is 0.206 e. The van der Waals surface area contributed by atoms with Gasteiger partial charge in [0.1, 0.15) is 23.0 Å². The van der Waals surface area contributed by atoms with Crippen molar-refractivity contribution in [2.45, 2.75) is 9.79 Å². The van der Waals surface area contributed by atoms with Crippen LogP contribution in [0, 0.1) is 0 Å². The minimum atomic E-state index is -3.67. The van der Waals surface area contributed by atoms with Crippen LogP contribution in [0.3, 0.4) is 0 Å². The van der Waals surface area contributed by atoms with Gasteiger partial charge in [-0.3, -0.25) is 0 Å². The summed E-state index contributed by atoms with van der Waals surface area (Å²) in [5.41, 5.74) is 12.6. The third-order valence-electron chi connectivity index (χ3n) is 4.50. The van der Waals surface area contributed by atoms with Crippen LogP contribution in [0.15, 0.2) is 107 Å². The van der Waals surface area contributed by atoms with Crippen LogP contribution >= 0.6 is 0 Å². The average molecular weight is 451 g/mol. The maximum Gasteiger partial charge on any atom is 0.206 e. The molecule has 6 N–H and O–H groups in total. The van der Waals surface area contributed by atoms with Crippen molar-refractivity contribution in [1.82, 2.24) is 0 Å². The van der Waals surface area contributed by atoms with Crippen molar-refractivity contribution < 1.29 is 23.4 Å². The van der Waals surface area contributed by atoms with E-state index < -0.39 is 9.84 Å². The molecule has 0 spiro atoms. The van der Waals surface area contributed by atoms with Gasteiger partial charge >= 0.3 is 0 Å². The Morgan fingerprint density at radius 1 is 0.469 bits per heavy atom. The predicted octanol–water partition coefficient (Wildman–Crippen LogP) is 4.44. The largest absolute Gasteiger partial charge is 0.457 e. The Balaban J connectivity index is 0.00000289. The fraction of sp³-hybridized carbons (Fsp3) is 0. The monoisotopic (exact) mass is 450 g/mol. The van der Waals surface area contributed by atoms with Crippen LogP contribution < -0.4 is 20.9 Å². The molecule has 4 aromatic carbocycles. The second kappa shape index (κ2) is 9.42. The molecule has 0 bridgehead atoms. The lowest BCUT2D eigenvalue weighted by atomic mass is 10.3. The summed E-state index contributed by atoms with van der Waals surface area (Å²) in [6.45, 7) is 0. The van der Waals surface area contributed by atoms with E-state index in [1.165, 1.54) is 24.3 Å². The molecule has 0 unspecified atom stereocenters. The number of ether oxygens (including phenoxy) is 2. The summed E-state index contributed by atoms with van der Waals surface area (Å²) in [6.07, 6.45) is 0. The Morgan fingerprint density at radius 3 is 1.00 bits per heavy atom. The van der Waals surface area contributed by atoms with Gasteiger partial charge in [-0.1, -0.05) is 0 Å². The van der Waals surface area contributed by atoms with Crippen molar-refractivity contribution in [3.63, 3.8) is 0 Å². The maximum atomic E-state index is 12.9.